The summed E-state index contributed by atoms with van der Waals surface area (Å²) in [6.45, 7) is 10.7. The molecular weight excluding hydrogens is 334 g/mol. The van der Waals surface area contributed by atoms with Crippen molar-refractivity contribution < 1.29 is 0 Å². The second-order valence-corrected chi connectivity index (χ2v) is 8.58. The van der Waals surface area contributed by atoms with Gasteiger partial charge >= 0.3 is 0 Å². The van der Waals surface area contributed by atoms with Gasteiger partial charge in [0, 0.05) is 61.9 Å². The average molecular weight is 358 g/mol. The lowest BCUT2D eigenvalue weighted by Crippen LogP contribution is -2.29. The Bertz CT molecular complexity index is 758. The van der Waals surface area contributed by atoms with Crippen LogP contribution in [-0.4, -0.2) is 41.1 Å². The van der Waals surface area contributed by atoms with Gasteiger partial charge < -0.3 is 9.80 Å². The molecule has 2 aromatic rings. The minimum Gasteiger partial charge on any atom is -0.370 e. The molecule has 4 rings (SSSR count). The molecule has 2 aliphatic heterocycles. The molecule has 2 atom stereocenters. The lowest BCUT2D eigenvalue weighted by molar-refractivity contribution is 0.533. The number of hydrogen-bond donors (Lipinski definition) is 0. The fourth-order valence-corrected chi connectivity index (χ4v) is 4.17. The van der Waals surface area contributed by atoms with Gasteiger partial charge in [-0.1, -0.05) is 32.4 Å². The zero-order valence-corrected chi connectivity index (χ0v) is 15.7. The van der Waals surface area contributed by atoms with E-state index in [4.69, 9.17) is 11.6 Å². The number of fused-ring (bicyclic) bond motifs is 1. The lowest BCUT2D eigenvalue weighted by atomic mass is 9.92. The molecule has 2 aliphatic rings. The number of aromatic nitrogens is 3. The van der Waals surface area contributed by atoms with Crippen molar-refractivity contribution in [2.24, 2.45) is 11.8 Å². The molecule has 0 amide bonds. The second-order valence-electron chi connectivity index (χ2n) is 8.17. The summed E-state index contributed by atoms with van der Waals surface area (Å²) >= 11 is 6.31. The Morgan fingerprint density at radius 2 is 1.72 bits per heavy atom. The highest BCUT2D eigenvalue weighted by Crippen LogP contribution is 2.37. The first kappa shape index (κ1) is 16.6. The van der Waals surface area contributed by atoms with Crippen LogP contribution in [0.2, 0.25) is 5.02 Å². The Balaban J connectivity index is 1.47. The maximum Gasteiger partial charge on any atom is 0.132 e. The SMILES string of the molecule is CC(C)(C)c1cc(N2CC3CN(c4ccncc4Cl)CC3C2)ncn1. The third-order valence-corrected chi connectivity index (χ3v) is 5.61. The molecule has 6 heteroatoms. The van der Waals surface area contributed by atoms with E-state index in [1.807, 2.05) is 12.3 Å². The first-order valence-corrected chi connectivity index (χ1v) is 9.21. The van der Waals surface area contributed by atoms with Crippen LogP contribution in [0.3, 0.4) is 0 Å². The van der Waals surface area contributed by atoms with Crippen LogP contribution in [0.4, 0.5) is 11.5 Å². The van der Waals surface area contributed by atoms with E-state index < -0.39 is 0 Å². The van der Waals surface area contributed by atoms with Gasteiger partial charge in [0.25, 0.3) is 0 Å². The molecule has 2 saturated heterocycles. The van der Waals surface area contributed by atoms with Crippen LogP contribution in [0.5, 0.6) is 0 Å². The van der Waals surface area contributed by atoms with Gasteiger partial charge in [-0.25, -0.2) is 9.97 Å². The zero-order valence-electron chi connectivity index (χ0n) is 15.0. The molecule has 0 spiro atoms. The number of hydrogen-bond acceptors (Lipinski definition) is 5. The summed E-state index contributed by atoms with van der Waals surface area (Å²) < 4.78 is 0. The van der Waals surface area contributed by atoms with E-state index >= 15 is 0 Å². The fourth-order valence-electron chi connectivity index (χ4n) is 3.93. The van der Waals surface area contributed by atoms with Crippen molar-refractivity contribution in [1.29, 1.82) is 0 Å². The Hall–Kier alpha value is -1.88. The van der Waals surface area contributed by atoms with Crippen molar-refractivity contribution in [1.82, 2.24) is 15.0 Å². The van der Waals surface area contributed by atoms with Crippen molar-refractivity contribution in [3.8, 4) is 0 Å². The molecule has 0 saturated carbocycles. The minimum absolute atomic E-state index is 0.0438. The second kappa shape index (κ2) is 6.13. The number of rotatable bonds is 2. The van der Waals surface area contributed by atoms with Crippen LogP contribution in [0.25, 0.3) is 0 Å². The van der Waals surface area contributed by atoms with E-state index in [1.54, 1.807) is 12.5 Å². The average Bonchev–Trinajstić information content (AvgIpc) is 3.13. The van der Waals surface area contributed by atoms with E-state index in [1.165, 1.54) is 0 Å². The quantitative estimate of drug-likeness (QED) is 0.824. The van der Waals surface area contributed by atoms with E-state index in [0.29, 0.717) is 11.8 Å². The summed E-state index contributed by atoms with van der Waals surface area (Å²) in [5, 5.41) is 0.741. The summed E-state index contributed by atoms with van der Waals surface area (Å²) in [6.07, 6.45) is 5.25. The molecule has 0 aromatic carbocycles. The highest BCUT2D eigenvalue weighted by Gasteiger charge is 2.41. The van der Waals surface area contributed by atoms with Crippen LogP contribution in [0.15, 0.2) is 30.9 Å². The minimum atomic E-state index is 0.0438. The summed E-state index contributed by atoms with van der Waals surface area (Å²) in [5.74, 6) is 2.36. The van der Waals surface area contributed by atoms with Crippen molar-refractivity contribution >= 4 is 23.1 Å². The molecule has 0 bridgehead atoms. The predicted octanol–water partition coefficient (Wildman–Crippen LogP) is 3.40. The van der Waals surface area contributed by atoms with E-state index in [-0.39, 0.29) is 5.41 Å². The first-order valence-electron chi connectivity index (χ1n) is 8.84. The van der Waals surface area contributed by atoms with Gasteiger partial charge in [0.2, 0.25) is 0 Å². The Morgan fingerprint density at radius 3 is 2.36 bits per heavy atom. The zero-order chi connectivity index (χ0) is 17.6. The Kier molecular flexibility index (Phi) is 4.07. The van der Waals surface area contributed by atoms with Gasteiger partial charge in [0.15, 0.2) is 0 Å². The Labute approximate surface area is 154 Å². The van der Waals surface area contributed by atoms with Gasteiger partial charge in [-0.05, 0) is 6.07 Å². The third kappa shape index (κ3) is 3.17. The van der Waals surface area contributed by atoms with Crippen LogP contribution in [0.1, 0.15) is 26.5 Å². The molecule has 25 heavy (non-hydrogen) atoms. The molecular formula is C19H24ClN5. The number of nitrogens with zero attached hydrogens (tertiary/aromatic N) is 5. The number of halogens is 1. The summed E-state index contributed by atoms with van der Waals surface area (Å²) in [7, 11) is 0. The van der Waals surface area contributed by atoms with Crippen molar-refractivity contribution in [2.75, 3.05) is 36.0 Å². The monoisotopic (exact) mass is 357 g/mol. The van der Waals surface area contributed by atoms with Gasteiger partial charge in [-0.2, -0.15) is 0 Å². The first-order chi connectivity index (χ1) is 11.9. The number of pyridine rings is 1. The molecule has 0 aliphatic carbocycles. The largest absolute Gasteiger partial charge is 0.370 e. The fraction of sp³-hybridized carbons (Fsp3) is 0.526. The third-order valence-electron chi connectivity index (χ3n) is 5.32. The van der Waals surface area contributed by atoms with Crippen molar-refractivity contribution in [3.63, 3.8) is 0 Å². The molecule has 5 nitrogen and oxygen atoms in total. The van der Waals surface area contributed by atoms with E-state index in [2.05, 4.69) is 51.6 Å². The molecule has 0 radical (unpaired) electrons. The summed E-state index contributed by atoms with van der Waals surface area (Å²) in [6, 6.07) is 4.17. The van der Waals surface area contributed by atoms with Gasteiger partial charge in [-0.15, -0.1) is 0 Å². The van der Waals surface area contributed by atoms with Gasteiger partial charge in [0.05, 0.1) is 16.4 Å². The van der Waals surface area contributed by atoms with Gasteiger partial charge in [-0.3, -0.25) is 4.98 Å². The van der Waals surface area contributed by atoms with Crippen LogP contribution < -0.4 is 9.80 Å². The highest BCUT2D eigenvalue weighted by atomic mass is 35.5. The highest BCUT2D eigenvalue weighted by molar-refractivity contribution is 6.33. The standard InChI is InChI=1S/C19H24ClN5/c1-19(2,3)17-6-18(23-12-22-17)25-10-13-8-24(9-14(13)11-25)16-4-5-21-7-15(16)20/h4-7,12-14H,8-11H2,1-3H3. The Morgan fingerprint density at radius 1 is 1.04 bits per heavy atom. The summed E-state index contributed by atoms with van der Waals surface area (Å²) in [4.78, 5) is 17.9. The van der Waals surface area contributed by atoms with Crippen molar-refractivity contribution in [2.45, 2.75) is 26.2 Å². The predicted molar refractivity (Wildman–Crippen MR) is 101 cm³/mol. The molecule has 2 aromatic heterocycles. The van der Waals surface area contributed by atoms with Crippen molar-refractivity contribution in [3.05, 3.63) is 41.6 Å². The maximum absolute atomic E-state index is 6.31. The molecule has 132 valence electrons. The summed E-state index contributed by atoms with van der Waals surface area (Å²) in [5.41, 5.74) is 2.25. The maximum atomic E-state index is 6.31. The lowest BCUT2D eigenvalue weighted by Gasteiger charge is -2.25. The number of anilines is 2. The van der Waals surface area contributed by atoms with Gasteiger partial charge in [0.1, 0.15) is 12.1 Å². The van der Waals surface area contributed by atoms with Crippen LogP contribution in [-0.2, 0) is 5.41 Å². The molecule has 2 fully saturated rings. The normalized spacial score (nSPS) is 23.2. The van der Waals surface area contributed by atoms with E-state index in [0.717, 1.165) is 48.4 Å². The smallest absolute Gasteiger partial charge is 0.132 e. The van der Waals surface area contributed by atoms with Crippen LogP contribution in [0, 0.1) is 11.8 Å². The molecule has 4 heterocycles. The van der Waals surface area contributed by atoms with Crippen LogP contribution >= 0.6 is 11.6 Å². The molecule has 2 unspecified atom stereocenters. The topological polar surface area (TPSA) is 45.2 Å². The van der Waals surface area contributed by atoms with E-state index in [9.17, 15) is 0 Å². The molecule has 0 N–H and O–H groups in total.